The minimum Gasteiger partial charge on any atom is -0.495 e. The number of benzene rings is 1. The van der Waals surface area contributed by atoms with Gasteiger partial charge in [0.25, 0.3) is 5.91 Å². The molecule has 0 radical (unpaired) electrons. The average Bonchev–Trinajstić information content (AvgIpc) is 2.88. The topological polar surface area (TPSA) is 122 Å². The molecule has 0 unspecified atom stereocenters. The van der Waals surface area contributed by atoms with E-state index in [2.05, 4.69) is 30.6 Å². The molecule has 4 rings (SSSR count). The van der Waals surface area contributed by atoms with Crippen LogP contribution in [0.4, 0.5) is 10.2 Å². The molecule has 1 amide bonds. The fourth-order valence-corrected chi connectivity index (χ4v) is 3.66. The SMILES string of the molecule is CNC(=O)c1c(F)cnc2c(CCNc3cc(-c4cnc(CO)c(OC)c4)ncn3)cccc12. The lowest BCUT2D eigenvalue weighted by Crippen LogP contribution is -2.20. The average molecular weight is 462 g/mol. The fourth-order valence-electron chi connectivity index (χ4n) is 3.66. The summed E-state index contributed by atoms with van der Waals surface area (Å²) in [7, 11) is 2.98. The Morgan fingerprint density at radius 1 is 1.15 bits per heavy atom. The Hall–Kier alpha value is -4.18. The number of fused-ring (bicyclic) bond motifs is 1. The van der Waals surface area contributed by atoms with Gasteiger partial charge in [-0.05, 0) is 18.1 Å². The van der Waals surface area contributed by atoms with Crippen molar-refractivity contribution in [2.75, 3.05) is 26.0 Å². The summed E-state index contributed by atoms with van der Waals surface area (Å²) >= 11 is 0. The number of carbonyl (C=O) groups excluding carboxylic acids is 1. The van der Waals surface area contributed by atoms with Crippen molar-refractivity contribution in [3.63, 3.8) is 0 Å². The van der Waals surface area contributed by atoms with Crippen LogP contribution in [-0.2, 0) is 13.0 Å². The first-order chi connectivity index (χ1) is 16.5. The Balaban J connectivity index is 1.52. The van der Waals surface area contributed by atoms with Crippen molar-refractivity contribution in [1.29, 1.82) is 0 Å². The zero-order chi connectivity index (χ0) is 24.1. The van der Waals surface area contributed by atoms with Crippen LogP contribution in [0.15, 0.2) is 49.1 Å². The first-order valence-electron chi connectivity index (χ1n) is 10.5. The highest BCUT2D eigenvalue weighted by Crippen LogP contribution is 2.26. The van der Waals surface area contributed by atoms with Gasteiger partial charge in [0.15, 0.2) is 5.82 Å². The van der Waals surface area contributed by atoms with E-state index in [1.165, 1.54) is 20.5 Å². The Morgan fingerprint density at radius 3 is 2.76 bits per heavy atom. The molecule has 174 valence electrons. The standard InChI is InChI=1S/C24H23FN6O3/c1-26-24(33)22-16-5-3-4-14(23(16)29-11-17(22)25)6-7-27-21-9-18(30-13-31-21)15-8-20(34-2)19(12-32)28-10-15/h3-5,8-11,13,32H,6-7,12H2,1-2H3,(H,26,33)(H,27,30,31). The Morgan fingerprint density at radius 2 is 2.00 bits per heavy atom. The smallest absolute Gasteiger partial charge is 0.254 e. The predicted molar refractivity (Wildman–Crippen MR) is 125 cm³/mol. The number of hydrogen-bond donors (Lipinski definition) is 3. The van der Waals surface area contributed by atoms with Crippen LogP contribution in [0.25, 0.3) is 22.2 Å². The lowest BCUT2D eigenvalue weighted by Gasteiger charge is -2.11. The number of pyridine rings is 2. The Bertz CT molecular complexity index is 1350. The van der Waals surface area contributed by atoms with Crippen molar-refractivity contribution < 1.29 is 19.0 Å². The third-order valence-corrected chi connectivity index (χ3v) is 5.35. The Kier molecular flexibility index (Phi) is 6.88. The zero-order valence-electron chi connectivity index (χ0n) is 18.7. The van der Waals surface area contributed by atoms with Gasteiger partial charge in [-0.2, -0.15) is 0 Å². The van der Waals surface area contributed by atoms with Crippen molar-refractivity contribution in [3.8, 4) is 17.0 Å². The Labute approximate surface area is 195 Å². The highest BCUT2D eigenvalue weighted by atomic mass is 19.1. The molecule has 0 fully saturated rings. The second-order valence-corrected chi connectivity index (χ2v) is 7.37. The minimum absolute atomic E-state index is 0.0148. The van der Waals surface area contributed by atoms with Crippen LogP contribution in [0, 0.1) is 5.82 Å². The van der Waals surface area contributed by atoms with E-state index in [9.17, 15) is 14.3 Å². The maximum atomic E-state index is 14.3. The molecular weight excluding hydrogens is 439 g/mol. The molecule has 9 nitrogen and oxygen atoms in total. The molecule has 0 aliphatic heterocycles. The van der Waals surface area contributed by atoms with Crippen LogP contribution in [-0.4, -0.2) is 51.7 Å². The number of para-hydroxylation sites is 1. The van der Waals surface area contributed by atoms with Gasteiger partial charge in [-0.1, -0.05) is 18.2 Å². The van der Waals surface area contributed by atoms with E-state index in [1.54, 1.807) is 30.5 Å². The third kappa shape index (κ3) is 4.62. The van der Waals surface area contributed by atoms with Gasteiger partial charge in [0, 0.05) is 36.8 Å². The molecule has 34 heavy (non-hydrogen) atoms. The van der Waals surface area contributed by atoms with Crippen LogP contribution in [0.1, 0.15) is 21.6 Å². The maximum Gasteiger partial charge on any atom is 0.254 e. The molecule has 3 N–H and O–H groups in total. The monoisotopic (exact) mass is 462 g/mol. The molecule has 3 heterocycles. The van der Waals surface area contributed by atoms with E-state index in [1.807, 2.05) is 6.07 Å². The quantitative estimate of drug-likeness (QED) is 0.365. The van der Waals surface area contributed by atoms with E-state index < -0.39 is 11.7 Å². The normalized spacial score (nSPS) is 10.8. The molecule has 0 saturated carbocycles. The number of aliphatic hydroxyl groups is 1. The van der Waals surface area contributed by atoms with E-state index in [0.717, 1.165) is 17.3 Å². The number of nitrogens with zero attached hydrogens (tertiary/aromatic N) is 4. The summed E-state index contributed by atoms with van der Waals surface area (Å²) in [4.78, 5) is 29.2. The van der Waals surface area contributed by atoms with E-state index in [4.69, 9.17) is 4.74 Å². The van der Waals surface area contributed by atoms with Crippen LogP contribution >= 0.6 is 0 Å². The number of halogens is 1. The van der Waals surface area contributed by atoms with Gasteiger partial charge >= 0.3 is 0 Å². The number of ether oxygens (including phenoxy) is 1. The second kappa shape index (κ2) is 10.2. The van der Waals surface area contributed by atoms with Gasteiger partial charge in [0.05, 0.1) is 36.7 Å². The molecule has 0 saturated heterocycles. The van der Waals surface area contributed by atoms with Crippen LogP contribution in [0.2, 0.25) is 0 Å². The van der Waals surface area contributed by atoms with Crippen molar-refractivity contribution in [2.45, 2.75) is 13.0 Å². The fraction of sp³-hybridized carbons (Fsp3) is 0.208. The summed E-state index contributed by atoms with van der Waals surface area (Å²) in [5, 5.41) is 15.6. The molecule has 1 aromatic carbocycles. The van der Waals surface area contributed by atoms with Crippen LogP contribution in [0.3, 0.4) is 0 Å². The number of amides is 1. The van der Waals surface area contributed by atoms with E-state index in [-0.39, 0.29) is 12.2 Å². The van der Waals surface area contributed by atoms with Crippen molar-refractivity contribution in [3.05, 3.63) is 71.7 Å². The highest BCUT2D eigenvalue weighted by molar-refractivity contribution is 6.06. The molecular formula is C24H23FN6O3. The third-order valence-electron chi connectivity index (χ3n) is 5.35. The lowest BCUT2D eigenvalue weighted by atomic mass is 10.0. The molecule has 0 bridgehead atoms. The van der Waals surface area contributed by atoms with Crippen molar-refractivity contribution in [2.24, 2.45) is 0 Å². The molecule has 0 spiro atoms. The second-order valence-electron chi connectivity index (χ2n) is 7.37. The summed E-state index contributed by atoms with van der Waals surface area (Å²) in [6.07, 6.45) is 4.71. The van der Waals surface area contributed by atoms with E-state index in [0.29, 0.717) is 46.8 Å². The number of anilines is 1. The summed E-state index contributed by atoms with van der Waals surface area (Å²) in [6.45, 7) is 0.301. The van der Waals surface area contributed by atoms with Crippen molar-refractivity contribution >= 4 is 22.6 Å². The minimum atomic E-state index is -0.659. The molecule has 0 atom stereocenters. The molecule has 0 aliphatic rings. The highest BCUT2D eigenvalue weighted by Gasteiger charge is 2.17. The number of aliphatic hydroxyl groups excluding tert-OH is 1. The van der Waals surface area contributed by atoms with Gasteiger partial charge in [0.1, 0.15) is 23.6 Å². The van der Waals surface area contributed by atoms with Gasteiger partial charge < -0.3 is 20.5 Å². The van der Waals surface area contributed by atoms with E-state index >= 15 is 0 Å². The first kappa shape index (κ1) is 23.0. The van der Waals surface area contributed by atoms with Gasteiger partial charge in [-0.3, -0.25) is 14.8 Å². The maximum absolute atomic E-state index is 14.3. The number of hydrogen-bond acceptors (Lipinski definition) is 8. The molecule has 0 aliphatic carbocycles. The lowest BCUT2D eigenvalue weighted by molar-refractivity contribution is 0.0960. The van der Waals surface area contributed by atoms with Gasteiger partial charge in [-0.15, -0.1) is 0 Å². The van der Waals surface area contributed by atoms with Gasteiger partial charge in [0.2, 0.25) is 0 Å². The predicted octanol–water partition coefficient (Wildman–Crippen LogP) is 2.74. The summed E-state index contributed by atoms with van der Waals surface area (Å²) < 4.78 is 19.5. The first-order valence-corrected chi connectivity index (χ1v) is 10.5. The summed E-state index contributed by atoms with van der Waals surface area (Å²) in [6, 6.07) is 8.91. The number of methoxy groups -OCH3 is 1. The van der Waals surface area contributed by atoms with Crippen LogP contribution in [0.5, 0.6) is 5.75 Å². The largest absolute Gasteiger partial charge is 0.495 e. The van der Waals surface area contributed by atoms with Crippen molar-refractivity contribution in [1.82, 2.24) is 25.3 Å². The molecule has 4 aromatic rings. The summed E-state index contributed by atoms with van der Waals surface area (Å²) in [5.41, 5.74) is 3.25. The molecule has 10 heteroatoms. The number of nitrogens with one attached hydrogen (secondary N) is 2. The molecule has 3 aromatic heterocycles. The summed E-state index contributed by atoms with van der Waals surface area (Å²) in [5.74, 6) is -0.0646. The zero-order valence-corrected chi connectivity index (χ0v) is 18.7. The number of carbonyl (C=O) groups is 1. The van der Waals surface area contributed by atoms with Gasteiger partial charge in [-0.25, -0.2) is 14.4 Å². The number of aromatic nitrogens is 4. The van der Waals surface area contributed by atoms with Crippen LogP contribution < -0.4 is 15.4 Å². The number of rotatable bonds is 8.